The number of hydrogen-bond donors (Lipinski definition) is 0. The van der Waals surface area contributed by atoms with Crippen LogP contribution in [0.25, 0.3) is 10.1 Å². The molecule has 0 spiro atoms. The highest BCUT2D eigenvalue weighted by atomic mass is 32.1. The summed E-state index contributed by atoms with van der Waals surface area (Å²) in [4.78, 5) is 2.66. The first-order chi connectivity index (χ1) is 9.40. The molecule has 19 heavy (non-hydrogen) atoms. The second-order valence-corrected chi connectivity index (χ2v) is 6.90. The Hall–Kier alpha value is -0.930. The van der Waals surface area contributed by atoms with Crippen LogP contribution < -0.4 is 0 Å². The van der Waals surface area contributed by atoms with Gasteiger partial charge in [-0.05, 0) is 67.7 Å². The fourth-order valence-electron chi connectivity index (χ4n) is 3.91. The first-order valence-corrected chi connectivity index (χ1v) is 8.22. The van der Waals surface area contributed by atoms with E-state index in [2.05, 4.69) is 27.5 Å². The minimum atomic E-state index is 0.936. The molecule has 0 saturated carbocycles. The average Bonchev–Trinajstić information content (AvgIpc) is 2.95. The summed E-state index contributed by atoms with van der Waals surface area (Å²) >= 11 is 1.66. The molecule has 4 heterocycles. The Morgan fingerprint density at radius 1 is 1.26 bits per heavy atom. The third kappa shape index (κ3) is 2.19. The quantitative estimate of drug-likeness (QED) is 0.849. The molecule has 1 atom stereocenters. The van der Waals surface area contributed by atoms with E-state index < -0.39 is 0 Å². The van der Waals surface area contributed by atoms with Crippen molar-refractivity contribution in [2.24, 2.45) is 11.8 Å². The minimum Gasteiger partial charge on any atom is -0.303 e. The van der Waals surface area contributed by atoms with Crippen LogP contribution in [0.5, 0.6) is 0 Å². The Kier molecular flexibility index (Phi) is 3.04. The molecular weight excluding hydrogens is 252 g/mol. The molecule has 3 fully saturated rings. The second kappa shape index (κ2) is 4.88. The predicted molar refractivity (Wildman–Crippen MR) is 80.6 cm³/mol. The zero-order valence-electron chi connectivity index (χ0n) is 11.2. The molecule has 0 radical (unpaired) electrons. The number of aryl methyl sites for hydroxylation is 1. The van der Waals surface area contributed by atoms with Crippen LogP contribution in [0.3, 0.4) is 0 Å². The van der Waals surface area contributed by atoms with Gasteiger partial charge < -0.3 is 4.90 Å². The van der Waals surface area contributed by atoms with Gasteiger partial charge in [0.25, 0.3) is 0 Å². The molecule has 2 aromatic rings. The summed E-state index contributed by atoms with van der Waals surface area (Å²) in [6.07, 6.45) is 7.47. The van der Waals surface area contributed by atoms with Crippen LogP contribution in [0.2, 0.25) is 0 Å². The number of nitrogens with zero attached hydrogens (tertiary/aromatic N) is 2. The summed E-state index contributed by atoms with van der Waals surface area (Å²) in [6, 6.07) is 6.65. The normalized spacial score (nSPS) is 30.0. The standard InChI is InChI=1S/C16H20N2S/c1-2-13(16-14(3-1)10-17-19-16)4-5-15-11-18-8-6-12(15)7-9-18/h1-3,10,12,15H,4-9,11H2. The van der Waals surface area contributed by atoms with Crippen LogP contribution in [-0.4, -0.2) is 28.9 Å². The van der Waals surface area contributed by atoms with Crippen molar-refractivity contribution in [2.75, 3.05) is 19.6 Å². The highest BCUT2D eigenvalue weighted by Crippen LogP contribution is 2.35. The van der Waals surface area contributed by atoms with Crippen LogP contribution in [0.4, 0.5) is 0 Å². The Morgan fingerprint density at radius 2 is 2.16 bits per heavy atom. The van der Waals surface area contributed by atoms with E-state index in [9.17, 15) is 0 Å². The molecule has 1 aromatic carbocycles. The van der Waals surface area contributed by atoms with E-state index >= 15 is 0 Å². The van der Waals surface area contributed by atoms with Gasteiger partial charge in [0.15, 0.2) is 0 Å². The van der Waals surface area contributed by atoms with Crippen molar-refractivity contribution in [3.63, 3.8) is 0 Å². The summed E-state index contributed by atoms with van der Waals surface area (Å²) in [5.74, 6) is 1.94. The Labute approximate surface area is 118 Å². The van der Waals surface area contributed by atoms with E-state index in [0.717, 1.165) is 11.8 Å². The number of benzene rings is 1. The van der Waals surface area contributed by atoms with E-state index in [0.29, 0.717) is 0 Å². The molecule has 3 aliphatic rings. The fourth-order valence-corrected chi connectivity index (χ4v) is 4.69. The highest BCUT2D eigenvalue weighted by Gasteiger charge is 2.33. The van der Waals surface area contributed by atoms with Gasteiger partial charge in [-0.1, -0.05) is 18.2 Å². The highest BCUT2D eigenvalue weighted by molar-refractivity contribution is 7.13. The van der Waals surface area contributed by atoms with Crippen molar-refractivity contribution < 1.29 is 0 Å². The van der Waals surface area contributed by atoms with Crippen molar-refractivity contribution >= 4 is 21.6 Å². The van der Waals surface area contributed by atoms with E-state index in [1.807, 2.05) is 6.20 Å². The number of hydrogen-bond acceptors (Lipinski definition) is 3. The topological polar surface area (TPSA) is 16.1 Å². The van der Waals surface area contributed by atoms with Crippen LogP contribution in [0, 0.1) is 11.8 Å². The summed E-state index contributed by atoms with van der Waals surface area (Å²) in [5.41, 5.74) is 1.51. The monoisotopic (exact) mass is 272 g/mol. The number of rotatable bonds is 3. The second-order valence-electron chi connectivity index (χ2n) is 6.10. The lowest BCUT2D eigenvalue weighted by Crippen LogP contribution is -2.47. The molecule has 0 amide bonds. The van der Waals surface area contributed by atoms with Crippen molar-refractivity contribution in [2.45, 2.75) is 25.7 Å². The molecular formula is C16H20N2S. The van der Waals surface area contributed by atoms with Gasteiger partial charge in [-0.15, -0.1) is 0 Å². The molecule has 2 bridgehead atoms. The van der Waals surface area contributed by atoms with Crippen molar-refractivity contribution in [3.8, 4) is 0 Å². The zero-order chi connectivity index (χ0) is 12.7. The van der Waals surface area contributed by atoms with Crippen LogP contribution in [0.15, 0.2) is 24.4 Å². The van der Waals surface area contributed by atoms with Crippen LogP contribution in [0.1, 0.15) is 24.8 Å². The van der Waals surface area contributed by atoms with Crippen molar-refractivity contribution in [1.29, 1.82) is 0 Å². The first kappa shape index (κ1) is 11.9. The SMILES string of the molecule is c1cc(CCC2CN3CCC2CC3)c2sncc2c1. The molecule has 0 N–H and O–H groups in total. The molecule has 1 unspecified atom stereocenters. The van der Waals surface area contributed by atoms with Gasteiger partial charge >= 0.3 is 0 Å². The molecule has 3 saturated heterocycles. The average molecular weight is 272 g/mol. The predicted octanol–water partition coefficient (Wildman–Crippen LogP) is 3.57. The Balaban J connectivity index is 1.49. The summed E-state index contributed by atoms with van der Waals surface area (Å²) in [6.45, 7) is 4.06. The van der Waals surface area contributed by atoms with Crippen LogP contribution in [-0.2, 0) is 6.42 Å². The van der Waals surface area contributed by atoms with Gasteiger partial charge in [-0.2, -0.15) is 4.37 Å². The zero-order valence-corrected chi connectivity index (χ0v) is 12.0. The lowest BCUT2D eigenvalue weighted by molar-refractivity contribution is 0.0470. The third-order valence-electron chi connectivity index (χ3n) is 5.04. The van der Waals surface area contributed by atoms with Gasteiger partial charge in [0.1, 0.15) is 0 Å². The maximum Gasteiger partial charge on any atom is 0.0581 e. The Bertz CT molecular complexity index is 569. The first-order valence-electron chi connectivity index (χ1n) is 7.45. The number of aromatic nitrogens is 1. The smallest absolute Gasteiger partial charge is 0.0581 e. The molecule has 0 aliphatic carbocycles. The summed E-state index contributed by atoms with van der Waals surface area (Å²) in [5, 5.41) is 1.32. The van der Waals surface area contributed by atoms with E-state index in [1.54, 1.807) is 11.5 Å². The van der Waals surface area contributed by atoms with Gasteiger partial charge in [0.2, 0.25) is 0 Å². The lowest BCUT2D eigenvalue weighted by Gasteiger charge is -2.45. The number of piperidine rings is 3. The van der Waals surface area contributed by atoms with Crippen molar-refractivity contribution in [3.05, 3.63) is 30.0 Å². The maximum atomic E-state index is 4.33. The molecule has 2 nitrogen and oxygen atoms in total. The molecule has 5 rings (SSSR count). The van der Waals surface area contributed by atoms with E-state index in [1.165, 1.54) is 61.0 Å². The van der Waals surface area contributed by atoms with Gasteiger partial charge in [0.05, 0.1) is 4.70 Å². The third-order valence-corrected chi connectivity index (χ3v) is 5.93. The summed E-state index contributed by atoms with van der Waals surface area (Å²) < 4.78 is 5.73. The molecule has 3 heteroatoms. The Morgan fingerprint density at radius 3 is 2.95 bits per heavy atom. The number of fused-ring (bicyclic) bond motifs is 4. The molecule has 100 valence electrons. The molecule has 3 aliphatic heterocycles. The van der Waals surface area contributed by atoms with E-state index in [-0.39, 0.29) is 0 Å². The van der Waals surface area contributed by atoms with Crippen LogP contribution >= 0.6 is 11.5 Å². The van der Waals surface area contributed by atoms with Gasteiger partial charge in [-0.25, -0.2) is 0 Å². The summed E-state index contributed by atoms with van der Waals surface area (Å²) in [7, 11) is 0. The lowest BCUT2D eigenvalue weighted by atomic mass is 9.76. The minimum absolute atomic E-state index is 0.936. The van der Waals surface area contributed by atoms with E-state index in [4.69, 9.17) is 0 Å². The van der Waals surface area contributed by atoms with Crippen molar-refractivity contribution in [1.82, 2.24) is 9.27 Å². The molecule has 1 aromatic heterocycles. The van der Waals surface area contributed by atoms with Gasteiger partial charge in [0, 0.05) is 18.1 Å². The maximum absolute atomic E-state index is 4.33. The fraction of sp³-hybridized carbons (Fsp3) is 0.562. The largest absolute Gasteiger partial charge is 0.303 e. The van der Waals surface area contributed by atoms with Gasteiger partial charge in [-0.3, -0.25) is 0 Å².